The van der Waals surface area contributed by atoms with Gasteiger partial charge in [-0.2, -0.15) is 9.78 Å². The third kappa shape index (κ3) is 4.80. The van der Waals surface area contributed by atoms with Crippen molar-refractivity contribution in [3.05, 3.63) is 65.3 Å². The van der Waals surface area contributed by atoms with E-state index in [2.05, 4.69) is 47.4 Å². The lowest BCUT2D eigenvalue weighted by molar-refractivity contribution is -0.390. The van der Waals surface area contributed by atoms with E-state index < -0.39 is 4.92 Å². The van der Waals surface area contributed by atoms with Crippen molar-refractivity contribution < 1.29 is 9.72 Å². The molecule has 2 atom stereocenters. The zero-order chi connectivity index (χ0) is 26.8. The van der Waals surface area contributed by atoms with E-state index in [1.165, 1.54) is 0 Å². The van der Waals surface area contributed by atoms with Gasteiger partial charge < -0.3 is 15.4 Å². The van der Waals surface area contributed by atoms with E-state index in [9.17, 15) is 14.9 Å². The molecule has 4 aliphatic carbocycles. The number of carbonyl (C=O) groups is 1. The van der Waals surface area contributed by atoms with E-state index in [-0.39, 0.29) is 22.7 Å². The van der Waals surface area contributed by atoms with Gasteiger partial charge in [-0.15, -0.1) is 0 Å². The summed E-state index contributed by atoms with van der Waals surface area (Å²) in [4.78, 5) is 24.3. The lowest BCUT2D eigenvalue weighted by atomic mass is 9.46. The molecule has 38 heavy (non-hydrogen) atoms. The van der Waals surface area contributed by atoms with Gasteiger partial charge >= 0.3 is 5.82 Å². The maximum Gasteiger partial charge on any atom is 0.404 e. The van der Waals surface area contributed by atoms with Crippen molar-refractivity contribution in [1.82, 2.24) is 19.6 Å². The van der Waals surface area contributed by atoms with E-state index >= 15 is 0 Å². The smallest absolute Gasteiger partial charge is 0.358 e. The monoisotopic (exact) mass is 684 g/mol. The van der Waals surface area contributed by atoms with Crippen LogP contribution in [0.25, 0.3) is 0 Å². The molecule has 3 aromatic rings. The number of hydrogen-bond donors (Lipinski definition) is 1. The normalized spacial score (nSPS) is 27.6. The molecule has 4 fully saturated rings. The SMILES string of the molecule is O=C(CC12CC3CC(C1)CC(n1cc(Br)c([N+](=O)[O-])n1)(C3)C2)Nc1nn(Cc2ccc(Cl)cc2Cl)cc1Br. The number of rotatable bonds is 7. The van der Waals surface area contributed by atoms with Crippen LogP contribution in [0.4, 0.5) is 11.6 Å². The molecule has 4 saturated carbocycles. The first kappa shape index (κ1) is 26.3. The molecule has 1 aromatic carbocycles. The van der Waals surface area contributed by atoms with Crippen molar-refractivity contribution in [2.24, 2.45) is 17.3 Å². The molecule has 1 amide bonds. The Kier molecular flexibility index (Phi) is 6.64. The fourth-order valence-electron chi connectivity index (χ4n) is 7.49. The largest absolute Gasteiger partial charge is 0.404 e. The third-order valence-corrected chi connectivity index (χ3v) is 10.0. The summed E-state index contributed by atoms with van der Waals surface area (Å²) >= 11 is 19.1. The number of anilines is 1. The van der Waals surface area contributed by atoms with Gasteiger partial charge in [0.1, 0.15) is 4.47 Å². The van der Waals surface area contributed by atoms with Crippen molar-refractivity contribution in [3.63, 3.8) is 0 Å². The molecule has 0 radical (unpaired) electrons. The summed E-state index contributed by atoms with van der Waals surface area (Å²) in [6.07, 6.45) is 9.76. The lowest BCUT2D eigenvalue weighted by Crippen LogP contribution is -2.57. The Bertz CT molecular complexity index is 1440. The second kappa shape index (κ2) is 9.60. The fourth-order valence-corrected chi connectivity index (χ4v) is 8.79. The summed E-state index contributed by atoms with van der Waals surface area (Å²) in [5.41, 5.74) is 0.419. The summed E-state index contributed by atoms with van der Waals surface area (Å²) in [6, 6.07) is 5.33. The molecule has 0 aliphatic heterocycles. The molecule has 2 aromatic heterocycles. The van der Waals surface area contributed by atoms with Crippen molar-refractivity contribution in [2.45, 2.75) is 57.0 Å². The highest BCUT2D eigenvalue weighted by Gasteiger charge is 2.60. The molecule has 0 spiro atoms. The van der Waals surface area contributed by atoms with Crippen LogP contribution in [0.2, 0.25) is 10.0 Å². The molecule has 4 bridgehead atoms. The van der Waals surface area contributed by atoms with Crippen molar-refractivity contribution >= 4 is 72.6 Å². The third-order valence-electron chi connectivity index (χ3n) is 8.32. The second-order valence-corrected chi connectivity index (χ2v) is 13.7. The van der Waals surface area contributed by atoms with E-state index in [1.54, 1.807) is 23.0 Å². The van der Waals surface area contributed by atoms with E-state index in [0.29, 0.717) is 49.6 Å². The average molecular weight is 687 g/mol. The number of benzene rings is 1. The number of nitro groups is 1. The van der Waals surface area contributed by atoms with Crippen LogP contribution in [0.15, 0.2) is 39.5 Å². The minimum atomic E-state index is -0.456. The van der Waals surface area contributed by atoms with Crippen LogP contribution in [0.1, 0.15) is 50.5 Å². The second-order valence-electron chi connectivity index (χ2n) is 11.2. The van der Waals surface area contributed by atoms with Crippen LogP contribution < -0.4 is 5.32 Å². The van der Waals surface area contributed by atoms with Crippen LogP contribution in [-0.4, -0.2) is 30.4 Å². The minimum Gasteiger partial charge on any atom is -0.358 e. The van der Waals surface area contributed by atoms with Crippen LogP contribution in [0.3, 0.4) is 0 Å². The van der Waals surface area contributed by atoms with Gasteiger partial charge in [-0.05, 0) is 110 Å². The molecule has 4 aliphatic rings. The van der Waals surface area contributed by atoms with Crippen LogP contribution in [-0.2, 0) is 16.9 Å². The molecule has 0 saturated heterocycles. The molecular formula is C25H24Br2Cl2N6O3. The van der Waals surface area contributed by atoms with Crippen LogP contribution in [0, 0.1) is 27.4 Å². The fraction of sp³-hybridized carbons (Fsp3) is 0.480. The Labute approximate surface area is 245 Å². The predicted octanol–water partition coefficient (Wildman–Crippen LogP) is 7.19. The number of nitrogens with zero attached hydrogens (tertiary/aromatic N) is 5. The Morgan fingerprint density at radius 2 is 1.87 bits per heavy atom. The molecule has 1 N–H and O–H groups in total. The quantitative estimate of drug-likeness (QED) is 0.209. The number of amides is 1. The van der Waals surface area contributed by atoms with E-state index in [1.807, 2.05) is 16.9 Å². The first-order chi connectivity index (χ1) is 18.0. The van der Waals surface area contributed by atoms with Gasteiger partial charge in [-0.1, -0.05) is 29.3 Å². The van der Waals surface area contributed by atoms with Gasteiger partial charge in [0.05, 0.1) is 27.9 Å². The first-order valence-corrected chi connectivity index (χ1v) is 14.7. The maximum absolute atomic E-state index is 13.4. The number of nitrogens with one attached hydrogen (secondary N) is 1. The van der Waals surface area contributed by atoms with Crippen molar-refractivity contribution in [3.8, 4) is 0 Å². The Hall–Kier alpha value is -1.95. The standard InChI is InChI=1S/C25H24Br2Cl2N6O3/c26-18-11-33(10-16-1-2-17(28)4-20(16)29)31-22(18)30-21(36)9-24-5-14-3-15(6-24)8-25(7-14,13-24)34-12-19(27)23(32-34)35(37)38/h1-2,4,11-12,14-15H,3,5-10,13H2,(H,30,31,36). The molecule has 9 nitrogen and oxygen atoms in total. The summed E-state index contributed by atoms with van der Waals surface area (Å²) < 4.78 is 4.62. The summed E-state index contributed by atoms with van der Waals surface area (Å²) in [7, 11) is 0. The zero-order valence-electron chi connectivity index (χ0n) is 20.2. The topological polar surface area (TPSA) is 108 Å². The van der Waals surface area contributed by atoms with Crippen LogP contribution >= 0.6 is 55.1 Å². The number of aromatic nitrogens is 4. The van der Waals surface area contributed by atoms with Gasteiger partial charge in [-0.25, -0.2) is 0 Å². The van der Waals surface area contributed by atoms with E-state index in [0.717, 1.165) is 44.1 Å². The predicted molar refractivity (Wildman–Crippen MR) is 150 cm³/mol. The first-order valence-electron chi connectivity index (χ1n) is 12.4. The lowest BCUT2D eigenvalue weighted by Gasteiger charge is -2.61. The average Bonchev–Trinajstić information content (AvgIpc) is 3.37. The molecule has 7 rings (SSSR count). The van der Waals surface area contributed by atoms with Gasteiger partial charge in [0.2, 0.25) is 5.91 Å². The van der Waals surface area contributed by atoms with Gasteiger partial charge in [0, 0.05) is 22.7 Å². The van der Waals surface area contributed by atoms with E-state index in [4.69, 9.17) is 23.2 Å². The molecular weight excluding hydrogens is 663 g/mol. The van der Waals surface area contributed by atoms with Crippen LogP contribution in [0.5, 0.6) is 0 Å². The highest BCUT2D eigenvalue weighted by atomic mass is 79.9. The van der Waals surface area contributed by atoms with Crippen molar-refractivity contribution in [1.29, 1.82) is 0 Å². The highest BCUT2D eigenvalue weighted by molar-refractivity contribution is 9.11. The maximum atomic E-state index is 13.4. The Morgan fingerprint density at radius 1 is 1.13 bits per heavy atom. The minimum absolute atomic E-state index is 0.0785. The van der Waals surface area contributed by atoms with Crippen molar-refractivity contribution in [2.75, 3.05) is 5.32 Å². The summed E-state index contributed by atoms with van der Waals surface area (Å²) in [6.45, 7) is 0.436. The van der Waals surface area contributed by atoms with Gasteiger partial charge in [0.15, 0.2) is 5.82 Å². The number of halogens is 4. The molecule has 13 heteroatoms. The highest BCUT2D eigenvalue weighted by Crippen LogP contribution is 2.65. The zero-order valence-corrected chi connectivity index (χ0v) is 24.9. The Morgan fingerprint density at radius 3 is 2.53 bits per heavy atom. The number of carbonyl (C=O) groups excluding carboxylic acids is 1. The number of hydrogen-bond acceptors (Lipinski definition) is 5. The van der Waals surface area contributed by atoms with Gasteiger partial charge in [-0.3, -0.25) is 9.48 Å². The molecule has 200 valence electrons. The molecule has 2 heterocycles. The molecule has 2 unspecified atom stereocenters. The van der Waals surface area contributed by atoms with Gasteiger partial charge in [0.25, 0.3) is 0 Å². The summed E-state index contributed by atoms with van der Waals surface area (Å²) in [5.74, 6) is 1.20. The summed E-state index contributed by atoms with van der Waals surface area (Å²) in [5, 5.41) is 24.5. The Balaban J connectivity index is 1.19.